The van der Waals surface area contributed by atoms with Crippen LogP contribution in [0.2, 0.25) is 0 Å². The lowest BCUT2D eigenvalue weighted by Crippen LogP contribution is -2.19. The van der Waals surface area contributed by atoms with Gasteiger partial charge in [-0.3, -0.25) is 0 Å². The second-order valence-electron chi connectivity index (χ2n) is 4.67. The minimum Gasteiger partial charge on any atom is -0.493 e. The molecule has 0 spiro atoms. The Morgan fingerprint density at radius 3 is 3.06 bits per heavy atom. The molecule has 2 nitrogen and oxygen atoms in total. The van der Waals surface area contributed by atoms with Gasteiger partial charge in [-0.25, -0.2) is 0 Å². The van der Waals surface area contributed by atoms with E-state index in [1.54, 1.807) is 0 Å². The highest BCUT2D eigenvalue weighted by molar-refractivity contribution is 5.68. The first-order valence-corrected chi connectivity index (χ1v) is 6.05. The molecule has 0 bridgehead atoms. The van der Waals surface area contributed by atoms with Crippen molar-refractivity contribution in [2.75, 3.05) is 6.61 Å². The molecule has 0 saturated carbocycles. The van der Waals surface area contributed by atoms with Gasteiger partial charge < -0.3 is 10.5 Å². The van der Waals surface area contributed by atoms with Crippen LogP contribution in [0.25, 0.3) is 5.57 Å². The van der Waals surface area contributed by atoms with Crippen LogP contribution in [0.5, 0.6) is 5.75 Å². The topological polar surface area (TPSA) is 35.2 Å². The van der Waals surface area contributed by atoms with Gasteiger partial charge in [-0.05, 0) is 48.1 Å². The molecule has 1 aliphatic carbocycles. The van der Waals surface area contributed by atoms with E-state index in [1.807, 2.05) is 0 Å². The Hall–Kier alpha value is -1.28. The normalized spacial score (nSPS) is 23.6. The van der Waals surface area contributed by atoms with E-state index in [2.05, 4.69) is 24.3 Å². The van der Waals surface area contributed by atoms with Crippen molar-refractivity contribution < 1.29 is 4.74 Å². The number of ether oxygens (including phenoxy) is 1. The van der Waals surface area contributed by atoms with Crippen molar-refractivity contribution >= 4 is 5.57 Å². The zero-order chi connectivity index (χ0) is 11.0. The molecule has 0 radical (unpaired) electrons. The molecule has 2 aliphatic rings. The largest absolute Gasteiger partial charge is 0.493 e. The second-order valence-corrected chi connectivity index (χ2v) is 4.67. The van der Waals surface area contributed by atoms with Gasteiger partial charge in [-0.2, -0.15) is 0 Å². The Balaban J connectivity index is 1.95. The van der Waals surface area contributed by atoms with Crippen LogP contribution < -0.4 is 10.5 Å². The SMILES string of the molecule is NC1C=C(c2ccc3c(c2)CCO3)CCC1. The summed E-state index contributed by atoms with van der Waals surface area (Å²) >= 11 is 0. The fourth-order valence-corrected chi connectivity index (χ4v) is 2.58. The zero-order valence-electron chi connectivity index (χ0n) is 9.41. The van der Waals surface area contributed by atoms with Crippen molar-refractivity contribution in [1.82, 2.24) is 0 Å². The fourth-order valence-electron chi connectivity index (χ4n) is 2.58. The molecule has 1 unspecified atom stereocenters. The van der Waals surface area contributed by atoms with Gasteiger partial charge in [0.1, 0.15) is 5.75 Å². The maximum absolute atomic E-state index is 5.97. The molecule has 0 amide bonds. The van der Waals surface area contributed by atoms with Crippen molar-refractivity contribution in [1.29, 1.82) is 0 Å². The minimum atomic E-state index is 0.244. The Morgan fingerprint density at radius 2 is 2.19 bits per heavy atom. The molecular weight excluding hydrogens is 198 g/mol. The highest BCUT2D eigenvalue weighted by atomic mass is 16.5. The summed E-state index contributed by atoms with van der Waals surface area (Å²) < 4.78 is 5.52. The molecule has 0 saturated heterocycles. The summed E-state index contributed by atoms with van der Waals surface area (Å²) in [4.78, 5) is 0. The van der Waals surface area contributed by atoms with Crippen LogP contribution in [0.15, 0.2) is 24.3 Å². The summed E-state index contributed by atoms with van der Waals surface area (Å²) in [7, 11) is 0. The molecule has 84 valence electrons. The van der Waals surface area contributed by atoms with Gasteiger partial charge >= 0.3 is 0 Å². The molecule has 1 aromatic rings. The third kappa shape index (κ3) is 1.74. The average Bonchev–Trinajstić information content (AvgIpc) is 2.75. The van der Waals surface area contributed by atoms with Crippen molar-refractivity contribution in [2.45, 2.75) is 31.7 Å². The van der Waals surface area contributed by atoms with Gasteiger partial charge in [-0.1, -0.05) is 12.1 Å². The molecule has 1 aliphatic heterocycles. The Labute approximate surface area is 96.1 Å². The number of hydrogen-bond acceptors (Lipinski definition) is 2. The maximum atomic E-state index is 5.97. The predicted octanol–water partition coefficient (Wildman–Crippen LogP) is 2.52. The Bertz CT molecular complexity index is 436. The molecule has 3 rings (SSSR count). The van der Waals surface area contributed by atoms with Gasteiger partial charge in [-0.15, -0.1) is 0 Å². The Kier molecular flexibility index (Phi) is 2.44. The van der Waals surface area contributed by atoms with Crippen LogP contribution in [-0.4, -0.2) is 12.6 Å². The zero-order valence-corrected chi connectivity index (χ0v) is 9.41. The summed E-state index contributed by atoms with van der Waals surface area (Å²) in [5.74, 6) is 1.06. The second kappa shape index (κ2) is 3.95. The lowest BCUT2D eigenvalue weighted by Gasteiger charge is -2.18. The number of fused-ring (bicyclic) bond motifs is 1. The van der Waals surface area contributed by atoms with Crippen LogP contribution in [-0.2, 0) is 6.42 Å². The number of rotatable bonds is 1. The molecule has 1 atom stereocenters. The van der Waals surface area contributed by atoms with Gasteiger partial charge in [0.25, 0.3) is 0 Å². The monoisotopic (exact) mass is 215 g/mol. The van der Waals surface area contributed by atoms with E-state index in [0.29, 0.717) is 0 Å². The Morgan fingerprint density at radius 1 is 1.25 bits per heavy atom. The van der Waals surface area contributed by atoms with Gasteiger partial charge in [0, 0.05) is 12.5 Å². The summed E-state index contributed by atoms with van der Waals surface area (Å²) in [6.45, 7) is 0.831. The van der Waals surface area contributed by atoms with Crippen LogP contribution in [0.4, 0.5) is 0 Å². The number of hydrogen-bond donors (Lipinski definition) is 1. The lowest BCUT2D eigenvalue weighted by molar-refractivity contribution is 0.357. The molecule has 16 heavy (non-hydrogen) atoms. The van der Waals surface area contributed by atoms with Crippen molar-refractivity contribution in [3.05, 3.63) is 35.4 Å². The highest BCUT2D eigenvalue weighted by Gasteiger charge is 2.15. The lowest BCUT2D eigenvalue weighted by atomic mass is 9.90. The molecule has 1 aromatic carbocycles. The summed E-state index contributed by atoms with van der Waals surface area (Å²) in [6, 6.07) is 6.77. The molecule has 2 N–H and O–H groups in total. The number of nitrogens with two attached hydrogens (primary N) is 1. The summed E-state index contributed by atoms with van der Waals surface area (Å²) in [5, 5.41) is 0. The van der Waals surface area contributed by atoms with E-state index < -0.39 is 0 Å². The average molecular weight is 215 g/mol. The molecular formula is C14H17NO. The third-order valence-electron chi connectivity index (χ3n) is 3.46. The minimum absolute atomic E-state index is 0.244. The predicted molar refractivity (Wildman–Crippen MR) is 65.4 cm³/mol. The van der Waals surface area contributed by atoms with Gasteiger partial charge in [0.05, 0.1) is 6.61 Å². The third-order valence-corrected chi connectivity index (χ3v) is 3.46. The van der Waals surface area contributed by atoms with E-state index in [0.717, 1.165) is 31.6 Å². The summed E-state index contributed by atoms with van der Waals surface area (Å²) in [5.41, 5.74) is 10.1. The number of benzene rings is 1. The van der Waals surface area contributed by atoms with Crippen molar-refractivity contribution in [3.63, 3.8) is 0 Å². The molecule has 2 heteroatoms. The van der Waals surface area contributed by atoms with Crippen LogP contribution in [0.1, 0.15) is 30.4 Å². The van der Waals surface area contributed by atoms with E-state index in [4.69, 9.17) is 10.5 Å². The van der Waals surface area contributed by atoms with Gasteiger partial charge in [0.15, 0.2) is 0 Å². The maximum Gasteiger partial charge on any atom is 0.122 e. The van der Waals surface area contributed by atoms with Crippen LogP contribution in [0, 0.1) is 0 Å². The van der Waals surface area contributed by atoms with E-state index in [1.165, 1.54) is 23.1 Å². The van der Waals surface area contributed by atoms with E-state index in [9.17, 15) is 0 Å². The quantitative estimate of drug-likeness (QED) is 0.781. The smallest absolute Gasteiger partial charge is 0.122 e. The highest BCUT2D eigenvalue weighted by Crippen LogP contribution is 2.32. The van der Waals surface area contributed by atoms with E-state index >= 15 is 0 Å². The van der Waals surface area contributed by atoms with Crippen molar-refractivity contribution in [3.8, 4) is 5.75 Å². The molecule has 1 heterocycles. The number of allylic oxidation sites excluding steroid dienone is 1. The van der Waals surface area contributed by atoms with Crippen LogP contribution >= 0.6 is 0 Å². The molecule has 0 fully saturated rings. The van der Waals surface area contributed by atoms with Crippen molar-refractivity contribution in [2.24, 2.45) is 5.73 Å². The first kappa shape index (κ1) is 9.91. The standard InChI is InChI=1S/C14H17NO/c15-13-3-1-2-10(9-13)11-4-5-14-12(8-11)6-7-16-14/h4-5,8-9,13H,1-3,6-7,15H2. The molecule has 0 aromatic heterocycles. The van der Waals surface area contributed by atoms with E-state index in [-0.39, 0.29) is 6.04 Å². The fraction of sp³-hybridized carbons (Fsp3) is 0.429. The van der Waals surface area contributed by atoms with Crippen LogP contribution in [0.3, 0.4) is 0 Å². The first-order valence-electron chi connectivity index (χ1n) is 6.05. The van der Waals surface area contributed by atoms with Gasteiger partial charge in [0.2, 0.25) is 0 Å². The first-order chi connectivity index (χ1) is 7.83. The summed E-state index contributed by atoms with van der Waals surface area (Å²) in [6.07, 6.45) is 6.76.